The minimum absolute atomic E-state index is 0.444. The lowest BCUT2D eigenvalue weighted by molar-refractivity contribution is -0.0851. The topological polar surface area (TPSA) is 97.1 Å². The summed E-state index contributed by atoms with van der Waals surface area (Å²) in [6.45, 7) is 6.49. The number of nitrogens with one attached hydrogen (secondary N) is 1. The zero-order valence-corrected chi connectivity index (χ0v) is 21.3. The lowest BCUT2D eigenvalue weighted by Gasteiger charge is -2.40. The Kier molecular flexibility index (Phi) is 6.01. The molecular formula is C27H35N9O. The maximum absolute atomic E-state index is 5.68. The summed E-state index contributed by atoms with van der Waals surface area (Å²) in [6.07, 6.45) is 13.5. The van der Waals surface area contributed by atoms with Crippen LogP contribution in [0.2, 0.25) is 0 Å². The van der Waals surface area contributed by atoms with Crippen molar-refractivity contribution in [3.8, 4) is 11.4 Å². The molecule has 0 bridgehead atoms. The van der Waals surface area contributed by atoms with Crippen molar-refractivity contribution in [3.05, 3.63) is 42.5 Å². The fourth-order valence-electron chi connectivity index (χ4n) is 5.80. The molecule has 3 saturated heterocycles. The van der Waals surface area contributed by atoms with Crippen molar-refractivity contribution in [3.63, 3.8) is 0 Å². The Balaban J connectivity index is 1.08. The highest BCUT2D eigenvalue weighted by Crippen LogP contribution is 2.34. The number of hydrogen-bond acceptors (Lipinski definition) is 9. The Morgan fingerprint density at radius 2 is 1.78 bits per heavy atom. The molecule has 7 rings (SSSR count). The zero-order chi connectivity index (χ0) is 24.7. The molecule has 0 radical (unpaired) electrons. The third-order valence-electron chi connectivity index (χ3n) is 8.39. The van der Waals surface area contributed by atoms with Gasteiger partial charge in [0.25, 0.3) is 0 Å². The molecule has 1 N–H and O–H groups in total. The number of ether oxygens (including phenoxy) is 1. The van der Waals surface area contributed by atoms with Gasteiger partial charge < -0.3 is 19.9 Å². The largest absolute Gasteiger partial charge is 0.375 e. The van der Waals surface area contributed by atoms with Gasteiger partial charge >= 0.3 is 0 Å². The van der Waals surface area contributed by atoms with Crippen LogP contribution in [0.5, 0.6) is 0 Å². The van der Waals surface area contributed by atoms with Crippen LogP contribution in [0.3, 0.4) is 0 Å². The van der Waals surface area contributed by atoms with Crippen LogP contribution in [-0.2, 0) is 10.3 Å². The average molecular weight is 502 g/mol. The third kappa shape index (κ3) is 4.57. The molecular weight excluding hydrogens is 466 g/mol. The van der Waals surface area contributed by atoms with Gasteiger partial charge in [-0.1, -0.05) is 5.21 Å². The number of hydrogen-bond donors (Lipinski definition) is 1. The number of nitrogens with zero attached hydrogens (tertiary/aromatic N) is 8. The first-order valence-electron chi connectivity index (χ1n) is 13.8. The second-order valence-electron chi connectivity index (χ2n) is 11.1. The monoisotopic (exact) mass is 501 g/mol. The van der Waals surface area contributed by atoms with Crippen LogP contribution in [0.25, 0.3) is 11.4 Å². The van der Waals surface area contributed by atoms with E-state index < -0.39 is 5.54 Å². The lowest BCUT2D eigenvalue weighted by atomic mass is 9.92. The minimum atomic E-state index is -0.444. The molecule has 194 valence electrons. The number of anilines is 2. The first kappa shape index (κ1) is 23.0. The maximum atomic E-state index is 5.68. The fourth-order valence-corrected chi connectivity index (χ4v) is 5.80. The van der Waals surface area contributed by atoms with Gasteiger partial charge in [0, 0.05) is 32.2 Å². The SMILES string of the molecule is c1nnc(-c2cn(C3(c4ccc(N5CCCC(NCC6CC6)C5)cn4)COC3)nn2)cc1N1CCCC1. The number of piperidine rings is 1. The molecule has 1 saturated carbocycles. The molecule has 0 spiro atoms. The van der Waals surface area contributed by atoms with Crippen molar-refractivity contribution in [2.24, 2.45) is 5.92 Å². The Bertz CT molecular complexity index is 1210. The Morgan fingerprint density at radius 3 is 2.54 bits per heavy atom. The van der Waals surface area contributed by atoms with Crippen molar-refractivity contribution in [2.75, 3.05) is 55.7 Å². The fraction of sp³-hybridized carbons (Fsp3) is 0.593. The second-order valence-corrected chi connectivity index (χ2v) is 11.1. The van der Waals surface area contributed by atoms with E-state index in [2.05, 4.69) is 53.8 Å². The van der Waals surface area contributed by atoms with E-state index in [4.69, 9.17) is 9.72 Å². The van der Waals surface area contributed by atoms with Gasteiger partial charge in [0.1, 0.15) is 11.4 Å². The van der Waals surface area contributed by atoms with Crippen LogP contribution >= 0.6 is 0 Å². The molecule has 4 aliphatic rings. The standard InChI is InChI=1S/C27H35N9O/c1-2-10-34(9-1)23-12-24(31-30-15-23)25-17-36(33-32-25)27(18-37-19-27)26-8-7-22(14-29-26)35-11-3-4-21(16-35)28-13-20-5-6-20/h7-8,12,14-15,17,20-21,28H,1-6,9-11,13,16,18-19H2. The van der Waals surface area contributed by atoms with Crippen molar-refractivity contribution in [1.82, 2.24) is 35.5 Å². The van der Waals surface area contributed by atoms with Crippen molar-refractivity contribution in [2.45, 2.75) is 50.1 Å². The second kappa shape index (κ2) is 9.64. The Labute approximate surface area is 217 Å². The van der Waals surface area contributed by atoms with Gasteiger partial charge in [-0.2, -0.15) is 5.10 Å². The molecule has 6 heterocycles. The molecule has 10 nitrogen and oxygen atoms in total. The van der Waals surface area contributed by atoms with Crippen LogP contribution < -0.4 is 15.1 Å². The molecule has 3 aromatic heterocycles. The van der Waals surface area contributed by atoms with Crippen LogP contribution in [0.4, 0.5) is 11.4 Å². The summed E-state index contributed by atoms with van der Waals surface area (Å²) in [6, 6.07) is 6.97. The van der Waals surface area contributed by atoms with Crippen LogP contribution in [0, 0.1) is 5.92 Å². The molecule has 4 fully saturated rings. The van der Waals surface area contributed by atoms with E-state index in [-0.39, 0.29) is 0 Å². The number of aromatic nitrogens is 6. The summed E-state index contributed by atoms with van der Waals surface area (Å²) in [5.41, 5.74) is 4.25. The normalized spacial score (nSPS) is 23.3. The summed E-state index contributed by atoms with van der Waals surface area (Å²) >= 11 is 0. The van der Waals surface area contributed by atoms with Crippen LogP contribution in [-0.4, -0.2) is 82.2 Å². The number of rotatable bonds is 8. The Morgan fingerprint density at radius 1 is 0.919 bits per heavy atom. The van der Waals surface area contributed by atoms with Gasteiger partial charge in [0.05, 0.1) is 48.9 Å². The van der Waals surface area contributed by atoms with E-state index in [9.17, 15) is 0 Å². The van der Waals surface area contributed by atoms with Gasteiger partial charge in [0.15, 0.2) is 5.54 Å². The van der Waals surface area contributed by atoms with Gasteiger partial charge in [-0.05, 0) is 69.2 Å². The average Bonchev–Trinajstić information content (AvgIpc) is 3.36. The molecule has 1 atom stereocenters. The van der Waals surface area contributed by atoms with E-state index in [0.29, 0.717) is 19.3 Å². The predicted molar refractivity (Wildman–Crippen MR) is 141 cm³/mol. The molecule has 10 heteroatoms. The molecule has 1 unspecified atom stereocenters. The lowest BCUT2D eigenvalue weighted by Crippen LogP contribution is -2.53. The first-order valence-corrected chi connectivity index (χ1v) is 13.8. The van der Waals surface area contributed by atoms with E-state index >= 15 is 0 Å². The van der Waals surface area contributed by atoms with E-state index in [1.54, 1.807) is 0 Å². The quantitative estimate of drug-likeness (QED) is 0.499. The molecule has 0 amide bonds. The van der Waals surface area contributed by atoms with Crippen molar-refractivity contribution in [1.29, 1.82) is 0 Å². The summed E-state index contributed by atoms with van der Waals surface area (Å²) < 4.78 is 7.58. The van der Waals surface area contributed by atoms with Gasteiger partial charge in [-0.15, -0.1) is 10.2 Å². The third-order valence-corrected chi connectivity index (χ3v) is 8.39. The predicted octanol–water partition coefficient (Wildman–Crippen LogP) is 2.47. The molecule has 3 aliphatic heterocycles. The molecule has 1 aliphatic carbocycles. The summed E-state index contributed by atoms with van der Waals surface area (Å²) in [5, 5.41) is 21.3. The van der Waals surface area contributed by atoms with Gasteiger partial charge in [-0.25, -0.2) is 4.68 Å². The van der Waals surface area contributed by atoms with E-state index in [1.165, 1.54) is 50.8 Å². The zero-order valence-electron chi connectivity index (χ0n) is 21.3. The minimum Gasteiger partial charge on any atom is -0.375 e. The van der Waals surface area contributed by atoms with Crippen molar-refractivity contribution >= 4 is 11.4 Å². The van der Waals surface area contributed by atoms with Crippen molar-refractivity contribution < 1.29 is 4.74 Å². The highest BCUT2D eigenvalue weighted by Gasteiger charge is 2.45. The van der Waals surface area contributed by atoms with Crippen LogP contribution in [0.15, 0.2) is 36.8 Å². The molecule has 3 aromatic rings. The molecule has 0 aromatic carbocycles. The number of pyridine rings is 1. The molecule has 37 heavy (non-hydrogen) atoms. The van der Waals surface area contributed by atoms with E-state index in [0.717, 1.165) is 54.9 Å². The maximum Gasteiger partial charge on any atom is 0.152 e. The van der Waals surface area contributed by atoms with E-state index in [1.807, 2.05) is 23.3 Å². The first-order chi connectivity index (χ1) is 18.3. The Hall–Kier alpha value is -3.11. The highest BCUT2D eigenvalue weighted by atomic mass is 16.5. The highest BCUT2D eigenvalue weighted by molar-refractivity contribution is 5.59. The van der Waals surface area contributed by atoms with Gasteiger partial charge in [0.2, 0.25) is 0 Å². The van der Waals surface area contributed by atoms with Crippen LogP contribution in [0.1, 0.15) is 44.2 Å². The summed E-state index contributed by atoms with van der Waals surface area (Å²) in [7, 11) is 0. The summed E-state index contributed by atoms with van der Waals surface area (Å²) in [4.78, 5) is 9.73. The smallest absolute Gasteiger partial charge is 0.152 e. The van der Waals surface area contributed by atoms with Gasteiger partial charge in [-0.3, -0.25) is 4.98 Å². The summed E-state index contributed by atoms with van der Waals surface area (Å²) in [5.74, 6) is 0.913.